The normalized spacial score (nSPS) is 24.1. The fourth-order valence-electron chi connectivity index (χ4n) is 14.0. The van der Waals surface area contributed by atoms with Gasteiger partial charge in [0.25, 0.3) is 10.1 Å². The van der Waals surface area contributed by atoms with E-state index in [1.807, 2.05) is 13.8 Å². The number of hydrogen-bond donors (Lipinski definition) is 1. The minimum absolute atomic E-state index is 0. The van der Waals surface area contributed by atoms with Gasteiger partial charge in [-0.3, -0.25) is 4.18 Å². The molecule has 16 nitrogen and oxygen atoms in total. The van der Waals surface area contributed by atoms with Gasteiger partial charge in [-0.25, -0.2) is 26.4 Å². The first-order chi connectivity index (χ1) is 44.8. The zero-order chi connectivity index (χ0) is 69.0. The molecule has 8 fully saturated rings. The Kier molecular flexibility index (Phi) is 29.1. The molecule has 0 amide bonds. The molecule has 8 bridgehead atoms. The van der Waals surface area contributed by atoms with E-state index in [1.165, 1.54) is 42.2 Å². The number of rotatable bonds is 20. The summed E-state index contributed by atoms with van der Waals surface area (Å²) < 4.78 is 151. The maximum absolute atomic E-state index is 13.0. The molecule has 8 aliphatic carbocycles. The van der Waals surface area contributed by atoms with E-state index in [0.717, 1.165) is 69.5 Å². The molecule has 2 N–H and O–H groups in total. The van der Waals surface area contributed by atoms with Crippen LogP contribution in [0.15, 0.2) is 236 Å². The molecule has 6 aromatic rings. The summed E-state index contributed by atoms with van der Waals surface area (Å²) >= 11 is 0. The fourth-order valence-corrected chi connectivity index (χ4v) is 19.0. The molecule has 0 aliphatic heterocycles. The van der Waals surface area contributed by atoms with Gasteiger partial charge in [0.1, 0.15) is 24.4 Å². The van der Waals surface area contributed by atoms with Crippen LogP contribution in [0.1, 0.15) is 78.1 Å². The van der Waals surface area contributed by atoms with Gasteiger partial charge < -0.3 is 33.9 Å². The molecule has 0 heterocycles. The SMILES string of the molecule is C=C(COCC(F)(F)S(=O)(=O)[O-])C(=O)OC1(C)C2CC3CC(C2)CC1C3.C=C(COS(C)(=O)=O)C(=O)OC1(C)C2CC3CC(C2)CC1C3.O=S(=O)([O-])C(F)(F)CO.[Na+].[OH-].c1ccc([S+](c2ccccc2)c2ccccc2)cc1.c1ccc([S+](c2ccccc2)c2ccccc2)cc1. The van der Waals surface area contributed by atoms with Gasteiger partial charge in [-0.2, -0.15) is 26.0 Å². The summed E-state index contributed by atoms with van der Waals surface area (Å²) in [5, 5.41) is -1.50. The van der Waals surface area contributed by atoms with Gasteiger partial charge in [0.05, 0.1) is 52.4 Å². The van der Waals surface area contributed by atoms with Crippen molar-refractivity contribution in [2.75, 3.05) is 32.7 Å². The smallest absolute Gasteiger partial charge is 0.870 e. The van der Waals surface area contributed by atoms with E-state index in [-0.39, 0.29) is 74.6 Å². The number of aliphatic hydroxyl groups excluding tert-OH is 1. The van der Waals surface area contributed by atoms with Gasteiger partial charge in [0, 0.05) is 0 Å². The van der Waals surface area contributed by atoms with Crippen molar-refractivity contribution in [2.45, 2.75) is 129 Å². The first kappa shape index (κ1) is 80.7. The number of esters is 2. The van der Waals surface area contributed by atoms with Crippen LogP contribution in [0.2, 0.25) is 0 Å². The Balaban J connectivity index is 0.000000196. The molecule has 8 saturated carbocycles. The van der Waals surface area contributed by atoms with Gasteiger partial charge in [0.15, 0.2) is 49.6 Å². The Labute approximate surface area is 595 Å². The van der Waals surface area contributed by atoms with Crippen molar-refractivity contribution in [3.05, 3.63) is 206 Å². The number of carbonyl (C=O) groups excluding carboxylic acids is 2. The number of benzene rings is 6. The zero-order valence-electron chi connectivity index (χ0n) is 54.4. The standard InChI is InChI=1S/2C18H15S.C17H24F2O6S.C16H24O5S.C2H4F2O4S.Na.H2O/c2*1-4-10-16(11-5-1)19(17-12-6-2-7-13-17)18-14-8-3-9-15-18;1-10(8-24-9-17(18,19)26(21,22)23)15(20)25-16(2)13-4-11-3-12(6-13)7-14(16)5-11;1-10(9-20-22(3,18)19)15(17)21-16(2)13-5-11-4-12(7-13)8-14(16)6-11;3-2(4,1-5)9(6,7)8;;/h2*1-15H;11-14H,1,3-9H2,2H3,(H,21,22,23);11-14H,1,4-9H2,2-3H3;5H,1H2,(H,6,7,8);;1H2/q2*+1;;;;+1;/p-3. The number of alkyl halides is 4. The van der Waals surface area contributed by atoms with Gasteiger partial charge in [-0.1, -0.05) is 122 Å². The van der Waals surface area contributed by atoms with Crippen molar-refractivity contribution in [1.82, 2.24) is 0 Å². The van der Waals surface area contributed by atoms with E-state index in [0.29, 0.717) is 35.5 Å². The quantitative estimate of drug-likeness (QED) is 0.0142. The molecule has 0 radical (unpaired) electrons. The molecule has 26 heteroatoms. The summed E-state index contributed by atoms with van der Waals surface area (Å²) in [6, 6.07) is 64.3. The van der Waals surface area contributed by atoms with E-state index in [2.05, 4.69) is 204 Å². The molecule has 0 saturated heterocycles. The van der Waals surface area contributed by atoms with E-state index in [1.54, 1.807) is 0 Å². The van der Waals surface area contributed by atoms with E-state index in [4.69, 9.17) is 14.6 Å². The van der Waals surface area contributed by atoms with Crippen LogP contribution in [0.3, 0.4) is 0 Å². The third-order valence-corrected chi connectivity index (χ3v) is 25.2. The number of ether oxygens (including phenoxy) is 3. The van der Waals surface area contributed by atoms with Crippen molar-refractivity contribution in [3.63, 3.8) is 0 Å². The predicted molar refractivity (Wildman–Crippen MR) is 354 cm³/mol. The van der Waals surface area contributed by atoms with Crippen LogP contribution in [0.5, 0.6) is 0 Å². The molecule has 0 aromatic heterocycles. The molecule has 0 atom stereocenters. The van der Waals surface area contributed by atoms with Crippen LogP contribution in [-0.4, -0.2) is 111 Å². The average molecular weight is 1450 g/mol. The second kappa shape index (κ2) is 34.9. The second-order valence-electron chi connectivity index (χ2n) is 25.3. The van der Waals surface area contributed by atoms with Crippen molar-refractivity contribution >= 4 is 64.1 Å². The Morgan fingerprint density at radius 1 is 0.474 bits per heavy atom. The van der Waals surface area contributed by atoms with E-state index >= 15 is 0 Å². The molecule has 0 spiro atoms. The maximum atomic E-state index is 13.0. The molecular formula is C71H81F4NaO16S5. The molecule has 97 heavy (non-hydrogen) atoms. The summed E-state index contributed by atoms with van der Waals surface area (Å²) in [5.41, 5.74) is -1.14. The van der Waals surface area contributed by atoms with Crippen LogP contribution in [0.4, 0.5) is 17.6 Å². The van der Waals surface area contributed by atoms with Gasteiger partial charge in [0.2, 0.25) is 0 Å². The van der Waals surface area contributed by atoms with Gasteiger partial charge in [-0.15, -0.1) is 0 Å². The molecular weight excluding hydrogens is 1370 g/mol. The van der Waals surface area contributed by atoms with E-state index < -0.39 is 83.8 Å². The molecule has 8 aliphatic rings. The Hall–Kier alpha value is -5.23. The van der Waals surface area contributed by atoms with Crippen molar-refractivity contribution < 1.29 is 120 Å². The van der Waals surface area contributed by atoms with Gasteiger partial charge in [-0.05, 0) is 198 Å². The monoisotopic (exact) mass is 1450 g/mol. The Morgan fingerprint density at radius 3 is 0.918 bits per heavy atom. The fraction of sp³-hybridized carbons (Fsp3) is 0.408. The predicted octanol–water partition coefficient (Wildman–Crippen LogP) is 10.2. The van der Waals surface area contributed by atoms with Crippen LogP contribution in [0.25, 0.3) is 0 Å². The summed E-state index contributed by atoms with van der Waals surface area (Å²) in [7, 11) is -15.1. The minimum Gasteiger partial charge on any atom is -0.870 e. The molecule has 14 rings (SSSR count). The number of carbonyl (C=O) groups is 2. The molecule has 0 unspecified atom stereocenters. The zero-order valence-corrected chi connectivity index (χ0v) is 60.5. The van der Waals surface area contributed by atoms with Crippen molar-refractivity contribution in [2.24, 2.45) is 47.3 Å². The maximum Gasteiger partial charge on any atom is 1.00 e. The van der Waals surface area contributed by atoms with E-state index in [9.17, 15) is 61.5 Å². The molecule has 6 aromatic carbocycles. The van der Waals surface area contributed by atoms with Crippen LogP contribution < -0.4 is 29.6 Å². The summed E-state index contributed by atoms with van der Waals surface area (Å²) in [6.07, 6.45) is 12.3. The average Bonchev–Trinajstić information content (AvgIpc) is 0.740. The number of hydrogen-bond acceptors (Lipinski definition) is 16. The van der Waals surface area contributed by atoms with Gasteiger partial charge >= 0.3 is 52.0 Å². The first-order valence-corrected chi connectivity index (χ1v) is 38.2. The topological polar surface area (TPSA) is 270 Å². The summed E-state index contributed by atoms with van der Waals surface area (Å²) in [6.45, 7) is 6.50. The second-order valence-corrected chi connectivity index (χ2v) is 34.0. The van der Waals surface area contributed by atoms with Crippen molar-refractivity contribution in [3.8, 4) is 0 Å². The van der Waals surface area contributed by atoms with Crippen LogP contribution in [0, 0.1) is 47.3 Å². The van der Waals surface area contributed by atoms with Crippen LogP contribution in [-0.2, 0) is 80.1 Å². The third-order valence-electron chi connectivity index (χ3n) is 18.5. The Bertz CT molecular complexity index is 3520. The minimum atomic E-state index is -5.82. The number of halogens is 4. The third kappa shape index (κ3) is 21.4. The number of aliphatic hydroxyl groups is 1. The van der Waals surface area contributed by atoms with Crippen molar-refractivity contribution in [1.29, 1.82) is 0 Å². The first-order valence-electron chi connectivity index (χ1n) is 31.1. The largest absolute Gasteiger partial charge is 1.00 e. The van der Waals surface area contributed by atoms with Crippen LogP contribution >= 0.6 is 0 Å². The molecule has 520 valence electrons. The Morgan fingerprint density at radius 2 is 0.711 bits per heavy atom. The summed E-state index contributed by atoms with van der Waals surface area (Å²) in [5.74, 6) is 3.19. The summed E-state index contributed by atoms with van der Waals surface area (Å²) in [4.78, 5) is 32.8.